The van der Waals surface area contributed by atoms with E-state index in [1.54, 1.807) is 0 Å². The predicted molar refractivity (Wildman–Crippen MR) is 140 cm³/mol. The minimum absolute atomic E-state index is 0.109. The molecule has 0 bridgehead atoms. The van der Waals surface area contributed by atoms with Crippen LogP contribution in [0.2, 0.25) is 0 Å². The molecule has 186 valence electrons. The molecule has 0 amide bonds. The van der Waals surface area contributed by atoms with E-state index in [4.69, 9.17) is 4.74 Å². The van der Waals surface area contributed by atoms with Crippen LogP contribution in [0.4, 0.5) is 0 Å². The zero-order valence-electron chi connectivity index (χ0n) is 21.4. The summed E-state index contributed by atoms with van der Waals surface area (Å²) in [5.74, 6) is 7.83. The van der Waals surface area contributed by atoms with E-state index in [2.05, 4.69) is 50.5 Å². The smallest absolute Gasteiger partial charge is 0.346 e. The van der Waals surface area contributed by atoms with Gasteiger partial charge in [-0.1, -0.05) is 37.2 Å². The molecule has 4 nitrogen and oxygen atoms in total. The van der Waals surface area contributed by atoms with Crippen LogP contribution in [-0.2, 0) is 4.74 Å². The van der Waals surface area contributed by atoms with Crippen molar-refractivity contribution in [1.82, 2.24) is 4.90 Å². The Morgan fingerprint density at radius 3 is 2.53 bits per heavy atom. The monoisotopic (exact) mass is 483 g/mol. The molecule has 1 saturated heterocycles. The van der Waals surface area contributed by atoms with Gasteiger partial charge in [0.1, 0.15) is 4.88 Å². The molecule has 5 heteroatoms. The van der Waals surface area contributed by atoms with Crippen molar-refractivity contribution in [3.63, 3.8) is 0 Å². The Hall–Kier alpha value is -1.61. The highest BCUT2D eigenvalue weighted by Crippen LogP contribution is 2.42. The number of carbonyl (C=O) groups is 1. The molecule has 0 aromatic carbocycles. The van der Waals surface area contributed by atoms with Crippen LogP contribution in [0.15, 0.2) is 11.6 Å². The maximum Gasteiger partial charge on any atom is 0.346 e. The molecule has 4 rings (SSSR count). The molecule has 1 N–H and O–H groups in total. The Labute approximate surface area is 209 Å². The predicted octanol–water partition coefficient (Wildman–Crippen LogP) is 6.56. The molecule has 3 heterocycles. The summed E-state index contributed by atoms with van der Waals surface area (Å²) < 4.78 is 5.57. The normalized spacial score (nSPS) is 25.2. The number of nitrogens with zero attached hydrogens (tertiary/aromatic N) is 1. The zero-order valence-corrected chi connectivity index (χ0v) is 22.2. The van der Waals surface area contributed by atoms with Gasteiger partial charge in [-0.05, 0) is 82.3 Å². The summed E-state index contributed by atoms with van der Waals surface area (Å²) in [5, 5.41) is 10.1. The van der Waals surface area contributed by atoms with E-state index in [9.17, 15) is 9.90 Å². The first-order valence-corrected chi connectivity index (χ1v) is 13.9. The van der Waals surface area contributed by atoms with Crippen LogP contribution in [0.3, 0.4) is 0 Å². The number of thiophene rings is 1. The second-order valence-electron chi connectivity index (χ2n) is 11.7. The van der Waals surface area contributed by atoms with Gasteiger partial charge in [-0.15, -0.1) is 11.3 Å². The molecule has 0 atom stereocenters. The van der Waals surface area contributed by atoms with Gasteiger partial charge >= 0.3 is 5.97 Å². The minimum atomic E-state index is -0.825. The lowest BCUT2D eigenvalue weighted by molar-refractivity contribution is 0.0537. The van der Waals surface area contributed by atoms with Crippen LogP contribution >= 0.6 is 11.3 Å². The van der Waals surface area contributed by atoms with Crippen LogP contribution in [0.5, 0.6) is 0 Å². The zero-order chi connectivity index (χ0) is 24.3. The highest BCUT2D eigenvalue weighted by atomic mass is 32.1. The molecule has 0 spiro atoms. The molecule has 3 aliphatic rings. The van der Waals surface area contributed by atoms with Gasteiger partial charge in [0.2, 0.25) is 0 Å². The third-order valence-corrected chi connectivity index (χ3v) is 8.68. The van der Waals surface area contributed by atoms with E-state index in [0.29, 0.717) is 16.7 Å². The number of carboxylic acid groups (broad SMARTS) is 1. The van der Waals surface area contributed by atoms with Crippen molar-refractivity contribution in [2.75, 3.05) is 32.8 Å². The summed E-state index contributed by atoms with van der Waals surface area (Å²) in [5.41, 5.74) is 3.64. The molecule has 34 heavy (non-hydrogen) atoms. The van der Waals surface area contributed by atoms with Crippen molar-refractivity contribution in [2.45, 2.75) is 72.6 Å². The Morgan fingerprint density at radius 1 is 1.18 bits per heavy atom. The Kier molecular flexibility index (Phi) is 8.23. The van der Waals surface area contributed by atoms with Gasteiger partial charge in [0.15, 0.2) is 0 Å². The fourth-order valence-corrected chi connectivity index (χ4v) is 6.56. The van der Waals surface area contributed by atoms with Gasteiger partial charge < -0.3 is 9.84 Å². The standard InChI is InChI=1S/C29H41NO3S/c1-20-5-7-22(8-6-20)24-10-14-30(18-21-11-15-33-16-12-21)19-26(24)25-17-23(9-13-29(2,3)4)34-27(25)28(31)32/h17,20-22H,5-8,10-12,14-16,18-19H2,1-4H3,(H,31,32). The number of hydrogen-bond acceptors (Lipinski definition) is 4. The molecule has 1 aromatic rings. The Morgan fingerprint density at radius 2 is 1.88 bits per heavy atom. The van der Waals surface area contributed by atoms with Gasteiger partial charge in [-0.25, -0.2) is 4.79 Å². The highest BCUT2D eigenvalue weighted by molar-refractivity contribution is 7.14. The van der Waals surface area contributed by atoms with Crippen LogP contribution in [-0.4, -0.2) is 48.8 Å². The summed E-state index contributed by atoms with van der Waals surface area (Å²) in [6.07, 6.45) is 8.38. The number of carboxylic acids is 1. The summed E-state index contributed by atoms with van der Waals surface area (Å²) in [4.78, 5) is 16.2. The van der Waals surface area contributed by atoms with E-state index < -0.39 is 5.97 Å². The second kappa shape index (κ2) is 11.0. The molecule has 1 saturated carbocycles. The van der Waals surface area contributed by atoms with Crippen molar-refractivity contribution < 1.29 is 14.6 Å². The van der Waals surface area contributed by atoms with Crippen molar-refractivity contribution in [3.8, 4) is 11.8 Å². The SMILES string of the molecule is CC1CCC(C2=C(c3cc(C#CC(C)(C)C)sc3C(=O)O)CN(CC3CCOCC3)CC2)CC1. The van der Waals surface area contributed by atoms with Gasteiger partial charge in [-0.2, -0.15) is 0 Å². The lowest BCUT2D eigenvalue weighted by atomic mass is 9.75. The van der Waals surface area contributed by atoms with Crippen molar-refractivity contribution >= 4 is 22.9 Å². The number of rotatable bonds is 5. The average molecular weight is 484 g/mol. The molecule has 0 unspecified atom stereocenters. The third-order valence-electron chi connectivity index (χ3n) is 7.64. The fraction of sp³-hybridized carbons (Fsp3) is 0.690. The molecular weight excluding hydrogens is 442 g/mol. The van der Waals surface area contributed by atoms with E-state index in [0.717, 1.165) is 68.5 Å². The minimum Gasteiger partial charge on any atom is -0.477 e. The molecular formula is C29H41NO3S. The molecule has 1 aliphatic carbocycles. The second-order valence-corrected chi connectivity index (χ2v) is 12.7. The molecule has 0 radical (unpaired) electrons. The summed E-state index contributed by atoms with van der Waals surface area (Å²) in [6.45, 7) is 13.4. The number of ether oxygens (including phenoxy) is 1. The van der Waals surface area contributed by atoms with Crippen LogP contribution in [0.25, 0.3) is 5.57 Å². The van der Waals surface area contributed by atoms with Gasteiger partial charge in [0.25, 0.3) is 0 Å². The lowest BCUT2D eigenvalue weighted by Gasteiger charge is -2.38. The first-order valence-electron chi connectivity index (χ1n) is 13.1. The van der Waals surface area contributed by atoms with Crippen molar-refractivity contribution in [1.29, 1.82) is 0 Å². The van der Waals surface area contributed by atoms with Crippen LogP contribution in [0.1, 0.15) is 92.8 Å². The summed E-state index contributed by atoms with van der Waals surface area (Å²) in [7, 11) is 0. The topological polar surface area (TPSA) is 49.8 Å². The quantitative estimate of drug-likeness (QED) is 0.482. The average Bonchev–Trinajstić information content (AvgIpc) is 3.23. The number of hydrogen-bond donors (Lipinski definition) is 1. The van der Waals surface area contributed by atoms with Gasteiger partial charge in [0.05, 0.1) is 4.88 Å². The van der Waals surface area contributed by atoms with Crippen molar-refractivity contribution in [2.24, 2.45) is 23.2 Å². The first kappa shape index (κ1) is 25.5. The summed E-state index contributed by atoms with van der Waals surface area (Å²) >= 11 is 1.35. The van der Waals surface area contributed by atoms with E-state index in [1.807, 2.05) is 0 Å². The lowest BCUT2D eigenvalue weighted by Crippen LogP contribution is -2.38. The van der Waals surface area contributed by atoms with Gasteiger partial charge in [-0.3, -0.25) is 4.90 Å². The summed E-state index contributed by atoms with van der Waals surface area (Å²) in [6, 6.07) is 2.07. The van der Waals surface area contributed by atoms with Crippen LogP contribution in [0, 0.1) is 35.0 Å². The maximum absolute atomic E-state index is 12.3. The molecule has 2 aliphatic heterocycles. The highest BCUT2D eigenvalue weighted by Gasteiger charge is 2.31. The fourth-order valence-electron chi connectivity index (χ4n) is 5.69. The number of aromatic carboxylic acids is 1. The third kappa shape index (κ3) is 6.53. The maximum atomic E-state index is 12.3. The largest absolute Gasteiger partial charge is 0.477 e. The Bertz CT molecular complexity index is 960. The Balaban J connectivity index is 1.68. The molecule has 2 fully saturated rings. The van der Waals surface area contributed by atoms with E-state index in [1.165, 1.54) is 48.2 Å². The van der Waals surface area contributed by atoms with Crippen molar-refractivity contribution in [3.05, 3.63) is 27.0 Å². The van der Waals surface area contributed by atoms with Crippen LogP contribution < -0.4 is 0 Å². The van der Waals surface area contributed by atoms with Gasteiger partial charge in [0, 0.05) is 43.8 Å². The molecule has 1 aromatic heterocycles. The first-order chi connectivity index (χ1) is 16.2. The van der Waals surface area contributed by atoms with E-state index in [-0.39, 0.29) is 5.41 Å². The van der Waals surface area contributed by atoms with E-state index >= 15 is 0 Å².